The Balaban J connectivity index is 1.73. The van der Waals surface area contributed by atoms with E-state index >= 15 is 0 Å². The van der Waals surface area contributed by atoms with Crippen molar-refractivity contribution in [3.05, 3.63) is 65.5 Å². The van der Waals surface area contributed by atoms with Gasteiger partial charge in [-0.05, 0) is 79.6 Å². The number of nitrogens with one attached hydrogen (secondary N) is 2. The van der Waals surface area contributed by atoms with Gasteiger partial charge in [0, 0.05) is 29.5 Å². The number of aliphatic hydroxyl groups excluding tert-OH is 1. The first-order valence-corrected chi connectivity index (χ1v) is 16.6. The smallest absolute Gasteiger partial charge is 0.227 e. The zero-order valence-corrected chi connectivity index (χ0v) is 25.9. The van der Waals surface area contributed by atoms with E-state index in [1.807, 2.05) is 48.9 Å². The Hall–Kier alpha value is -3.48. The third-order valence-electron chi connectivity index (χ3n) is 7.45. The van der Waals surface area contributed by atoms with E-state index in [9.17, 15) is 9.67 Å². The highest BCUT2D eigenvalue weighted by Gasteiger charge is 2.23. The molecule has 9 heteroatoms. The zero-order chi connectivity index (χ0) is 29.6. The first-order chi connectivity index (χ1) is 19.7. The van der Waals surface area contributed by atoms with Gasteiger partial charge in [-0.25, -0.2) is 4.98 Å². The number of hydrogen-bond acceptors (Lipinski definition) is 7. The molecule has 1 atom stereocenters. The molecule has 0 spiro atoms. The van der Waals surface area contributed by atoms with Crippen LogP contribution in [-0.2, 0) is 4.57 Å². The average molecular weight is 575 g/mol. The first kappa shape index (κ1) is 30.5. The Morgan fingerprint density at radius 1 is 1.00 bits per heavy atom. The van der Waals surface area contributed by atoms with Crippen molar-refractivity contribution in [3.63, 3.8) is 0 Å². The molecule has 2 heterocycles. The lowest BCUT2D eigenvalue weighted by Crippen LogP contribution is -2.30. The third-order valence-corrected chi connectivity index (χ3v) is 11.0. The number of aliphatic hydroxyl groups is 1. The second kappa shape index (κ2) is 13.5. The summed E-state index contributed by atoms with van der Waals surface area (Å²) < 4.78 is 15.5. The summed E-state index contributed by atoms with van der Waals surface area (Å²) in [5.74, 6) is 1.14. The number of fused-ring (bicyclic) bond motifs is 1. The van der Waals surface area contributed by atoms with E-state index in [1.165, 1.54) is 11.1 Å². The molecule has 0 bridgehead atoms. The van der Waals surface area contributed by atoms with Crippen molar-refractivity contribution in [2.75, 3.05) is 29.6 Å². The largest absolute Gasteiger partial charge is 0.394 e. The van der Waals surface area contributed by atoms with Crippen molar-refractivity contribution in [2.45, 2.75) is 60.4 Å². The molecule has 1 unspecified atom stereocenters. The molecule has 3 N–H and O–H groups in total. The minimum atomic E-state index is -2.40. The summed E-state index contributed by atoms with van der Waals surface area (Å²) in [6.45, 7) is 12.4. The van der Waals surface area contributed by atoms with Crippen molar-refractivity contribution >= 4 is 53.3 Å². The van der Waals surface area contributed by atoms with Gasteiger partial charge in [-0.2, -0.15) is 9.97 Å². The summed E-state index contributed by atoms with van der Waals surface area (Å²) >= 11 is 0. The van der Waals surface area contributed by atoms with Crippen molar-refractivity contribution in [1.29, 1.82) is 0 Å². The van der Waals surface area contributed by atoms with Gasteiger partial charge in [0.25, 0.3) is 0 Å². The molecular weight excluding hydrogens is 531 g/mol. The van der Waals surface area contributed by atoms with Gasteiger partial charge < -0.3 is 20.3 Å². The van der Waals surface area contributed by atoms with E-state index in [2.05, 4.69) is 67.6 Å². The van der Waals surface area contributed by atoms with Crippen LogP contribution in [0.15, 0.2) is 48.8 Å². The fourth-order valence-corrected chi connectivity index (χ4v) is 7.93. The molecule has 4 aromatic rings. The summed E-state index contributed by atoms with van der Waals surface area (Å²) in [7, 11) is -2.40. The van der Waals surface area contributed by atoms with Crippen molar-refractivity contribution in [2.24, 2.45) is 5.92 Å². The maximum atomic E-state index is 13.6. The van der Waals surface area contributed by atoms with Crippen LogP contribution in [0, 0.1) is 19.8 Å². The molecule has 0 saturated carbocycles. The van der Waals surface area contributed by atoms with Crippen molar-refractivity contribution in [3.8, 4) is 0 Å². The predicted molar refractivity (Wildman–Crippen MR) is 173 cm³/mol. The minimum Gasteiger partial charge on any atom is -0.394 e. The van der Waals surface area contributed by atoms with Crippen LogP contribution in [0.25, 0.3) is 23.4 Å². The lowest BCUT2D eigenvalue weighted by molar-refractivity contribution is 0.248. The number of aromatic nitrogens is 4. The van der Waals surface area contributed by atoms with Crippen molar-refractivity contribution in [1.82, 2.24) is 19.5 Å². The molecule has 2 aromatic heterocycles. The molecule has 8 nitrogen and oxygen atoms in total. The van der Waals surface area contributed by atoms with Gasteiger partial charge in [-0.1, -0.05) is 45.9 Å². The van der Waals surface area contributed by atoms with Gasteiger partial charge in [0.1, 0.15) is 13.5 Å². The zero-order valence-electron chi connectivity index (χ0n) is 25.1. The standard InChI is InChI=1S/C32H43N6O2P/c1-7-18-41(40,19-8-2)26-14-12-25(13-15-26)34-30-29-31(37-32(36-30)35-28(20-39)22(3)4)38(21-33-29)17-16-27-23(5)10-9-11-24(27)6/h9-17,21-22,28,39H,7-8,18-20H2,1-6H3,(H2,34,35,36,37). The number of aryl methyl sites for hydroxylation is 2. The van der Waals surface area contributed by atoms with E-state index in [0.29, 0.717) is 22.9 Å². The number of anilines is 3. The van der Waals surface area contributed by atoms with E-state index in [-0.39, 0.29) is 18.6 Å². The molecule has 0 amide bonds. The number of nitrogens with zero attached hydrogens (tertiary/aromatic N) is 4. The van der Waals surface area contributed by atoms with Crippen LogP contribution in [0.2, 0.25) is 0 Å². The highest BCUT2D eigenvalue weighted by Crippen LogP contribution is 2.45. The third kappa shape index (κ3) is 7.06. The maximum absolute atomic E-state index is 13.6. The maximum Gasteiger partial charge on any atom is 0.227 e. The highest BCUT2D eigenvalue weighted by atomic mass is 31.2. The molecule has 41 heavy (non-hydrogen) atoms. The molecular formula is C32H43N6O2P. The Morgan fingerprint density at radius 3 is 2.24 bits per heavy atom. The van der Waals surface area contributed by atoms with Crippen LogP contribution in [-0.4, -0.2) is 49.6 Å². The summed E-state index contributed by atoms with van der Waals surface area (Å²) in [5.41, 5.74) is 5.63. The molecule has 0 aliphatic heterocycles. The molecule has 2 aromatic carbocycles. The molecule has 0 radical (unpaired) electrons. The van der Waals surface area contributed by atoms with Crippen LogP contribution in [0.3, 0.4) is 0 Å². The number of rotatable bonds is 13. The van der Waals surface area contributed by atoms with Crippen LogP contribution < -0.4 is 15.9 Å². The summed E-state index contributed by atoms with van der Waals surface area (Å²) in [5, 5.41) is 17.6. The van der Waals surface area contributed by atoms with Gasteiger partial charge >= 0.3 is 0 Å². The Bertz CT molecular complexity index is 1510. The normalized spacial score (nSPS) is 12.9. The summed E-state index contributed by atoms with van der Waals surface area (Å²) in [6, 6.07) is 13.9. The molecule has 0 saturated heterocycles. The SMILES string of the molecule is CCCP(=O)(CCC)c1ccc(Nc2nc(NC(CO)C(C)C)nc3c2ncn3C=Cc2c(C)cccc2C)cc1. The van der Waals surface area contributed by atoms with Crippen LogP contribution in [0.4, 0.5) is 17.5 Å². The molecule has 4 rings (SSSR count). The Labute approximate surface area is 243 Å². The van der Waals surface area contributed by atoms with Crippen LogP contribution in [0.5, 0.6) is 0 Å². The first-order valence-electron chi connectivity index (χ1n) is 14.5. The molecule has 218 valence electrons. The van der Waals surface area contributed by atoms with Gasteiger partial charge in [0.2, 0.25) is 5.95 Å². The van der Waals surface area contributed by atoms with Gasteiger partial charge in [-0.15, -0.1) is 0 Å². The van der Waals surface area contributed by atoms with Gasteiger partial charge in [0.05, 0.1) is 12.6 Å². The van der Waals surface area contributed by atoms with E-state index in [1.54, 1.807) is 6.33 Å². The quantitative estimate of drug-likeness (QED) is 0.147. The van der Waals surface area contributed by atoms with E-state index in [0.717, 1.165) is 41.7 Å². The van der Waals surface area contributed by atoms with E-state index < -0.39 is 7.14 Å². The van der Waals surface area contributed by atoms with E-state index in [4.69, 9.17) is 9.97 Å². The topological polar surface area (TPSA) is 105 Å². The predicted octanol–water partition coefficient (Wildman–Crippen LogP) is 7.05. The lowest BCUT2D eigenvalue weighted by atomic mass is 10.0. The number of benzene rings is 2. The number of imidazole rings is 1. The van der Waals surface area contributed by atoms with Crippen LogP contribution in [0.1, 0.15) is 57.2 Å². The average Bonchev–Trinajstić information content (AvgIpc) is 3.35. The highest BCUT2D eigenvalue weighted by molar-refractivity contribution is 7.71. The number of hydrogen-bond donors (Lipinski definition) is 3. The fourth-order valence-electron chi connectivity index (χ4n) is 5.06. The molecule has 0 fully saturated rings. The molecule has 0 aliphatic rings. The second-order valence-electron chi connectivity index (χ2n) is 11.0. The monoisotopic (exact) mass is 574 g/mol. The lowest BCUT2D eigenvalue weighted by Gasteiger charge is -2.20. The Kier molecular flexibility index (Phi) is 10.0. The summed E-state index contributed by atoms with van der Waals surface area (Å²) in [4.78, 5) is 14.2. The second-order valence-corrected chi connectivity index (χ2v) is 14.2. The van der Waals surface area contributed by atoms with Crippen molar-refractivity contribution < 1.29 is 9.67 Å². The van der Waals surface area contributed by atoms with Gasteiger partial charge in [-0.3, -0.25) is 4.57 Å². The Morgan fingerprint density at radius 2 is 1.66 bits per heavy atom. The molecule has 0 aliphatic carbocycles. The summed E-state index contributed by atoms with van der Waals surface area (Å²) in [6.07, 6.45) is 9.02. The van der Waals surface area contributed by atoms with Crippen LogP contribution >= 0.6 is 7.14 Å². The minimum absolute atomic E-state index is 0.0371. The fraction of sp³-hybridized carbons (Fsp3) is 0.406. The van der Waals surface area contributed by atoms with Gasteiger partial charge in [0.15, 0.2) is 17.0 Å².